The number of rotatable bonds is 3. The second-order valence-corrected chi connectivity index (χ2v) is 6.34. The zero-order valence-corrected chi connectivity index (χ0v) is 11.2. The first-order chi connectivity index (χ1) is 8.86. The molecule has 1 heterocycles. The Morgan fingerprint density at radius 1 is 1.22 bits per heavy atom. The van der Waals surface area contributed by atoms with Crippen LogP contribution in [0.2, 0.25) is 0 Å². The van der Waals surface area contributed by atoms with Gasteiger partial charge >= 0.3 is 0 Å². The molecule has 2 fully saturated rings. The number of carbonyl (C=O) groups excluding carboxylic acids is 1. The lowest BCUT2D eigenvalue weighted by molar-refractivity contribution is 0.450. The zero-order chi connectivity index (χ0) is 12.4. The van der Waals surface area contributed by atoms with Crippen LogP contribution in [0.3, 0.4) is 0 Å². The fourth-order valence-electron chi connectivity index (χ4n) is 3.18. The summed E-state index contributed by atoms with van der Waals surface area (Å²) in [4.78, 5) is 15.0. The van der Waals surface area contributed by atoms with Gasteiger partial charge in [0.05, 0.1) is 5.54 Å². The maximum Gasteiger partial charge on any atom is 0.235 e. The SMILES string of the molecule is O=C=NC1(c2ccccc2C2CSC2)CCCC1. The van der Waals surface area contributed by atoms with Crippen molar-refractivity contribution < 1.29 is 4.79 Å². The average Bonchev–Trinajstić information content (AvgIpc) is 2.78. The molecule has 2 aliphatic rings. The standard InChI is InChI=1S/C15H17NOS/c17-11-16-15(7-3-4-8-15)14-6-2-1-5-13(14)12-9-18-10-12/h1-2,5-6,12H,3-4,7-10H2. The minimum Gasteiger partial charge on any atom is -0.211 e. The smallest absolute Gasteiger partial charge is 0.211 e. The fourth-order valence-corrected chi connectivity index (χ4v) is 4.01. The van der Waals surface area contributed by atoms with E-state index in [1.54, 1.807) is 0 Å². The highest BCUT2D eigenvalue weighted by Gasteiger charge is 2.39. The second-order valence-electron chi connectivity index (χ2n) is 5.26. The third-order valence-electron chi connectivity index (χ3n) is 4.23. The van der Waals surface area contributed by atoms with Gasteiger partial charge in [-0.05, 0) is 24.0 Å². The van der Waals surface area contributed by atoms with E-state index in [1.165, 1.54) is 35.5 Å². The maximum absolute atomic E-state index is 10.8. The van der Waals surface area contributed by atoms with Crippen LogP contribution in [0.5, 0.6) is 0 Å². The summed E-state index contributed by atoms with van der Waals surface area (Å²) in [5, 5.41) is 0. The molecule has 3 rings (SSSR count). The molecule has 18 heavy (non-hydrogen) atoms. The number of hydrogen-bond donors (Lipinski definition) is 0. The Hall–Kier alpha value is -1.05. The molecule has 0 atom stereocenters. The molecule has 1 saturated heterocycles. The lowest BCUT2D eigenvalue weighted by atomic mass is 9.82. The number of isocyanates is 1. The van der Waals surface area contributed by atoms with E-state index in [-0.39, 0.29) is 5.54 Å². The summed E-state index contributed by atoms with van der Waals surface area (Å²) in [5.41, 5.74) is 2.44. The van der Waals surface area contributed by atoms with Crippen molar-refractivity contribution in [3.8, 4) is 0 Å². The summed E-state index contributed by atoms with van der Waals surface area (Å²) in [6, 6.07) is 8.57. The molecule has 0 amide bonds. The van der Waals surface area contributed by atoms with E-state index in [1.807, 2.05) is 17.8 Å². The Balaban J connectivity index is 2.06. The van der Waals surface area contributed by atoms with Crippen molar-refractivity contribution in [2.75, 3.05) is 11.5 Å². The average molecular weight is 259 g/mol. The second kappa shape index (κ2) is 4.91. The summed E-state index contributed by atoms with van der Waals surface area (Å²) >= 11 is 2.00. The van der Waals surface area contributed by atoms with Crippen LogP contribution in [-0.4, -0.2) is 17.6 Å². The highest BCUT2D eigenvalue weighted by atomic mass is 32.2. The van der Waals surface area contributed by atoms with E-state index in [9.17, 15) is 4.79 Å². The molecule has 94 valence electrons. The van der Waals surface area contributed by atoms with E-state index in [0.717, 1.165) is 12.8 Å². The molecular formula is C15H17NOS. The van der Waals surface area contributed by atoms with Gasteiger partial charge in [-0.25, -0.2) is 4.79 Å². The van der Waals surface area contributed by atoms with Crippen LogP contribution in [0.1, 0.15) is 42.7 Å². The van der Waals surface area contributed by atoms with Crippen molar-refractivity contribution in [3.63, 3.8) is 0 Å². The first-order valence-electron chi connectivity index (χ1n) is 6.62. The molecule has 0 N–H and O–H groups in total. The molecule has 0 spiro atoms. The predicted octanol–water partition coefficient (Wildman–Crippen LogP) is 3.62. The minimum atomic E-state index is -0.265. The van der Waals surface area contributed by atoms with Crippen molar-refractivity contribution in [3.05, 3.63) is 35.4 Å². The minimum absolute atomic E-state index is 0.265. The van der Waals surface area contributed by atoms with Crippen LogP contribution >= 0.6 is 11.8 Å². The van der Waals surface area contributed by atoms with E-state index < -0.39 is 0 Å². The molecule has 3 heteroatoms. The molecule has 1 aromatic carbocycles. The van der Waals surface area contributed by atoms with Gasteiger partial charge in [-0.15, -0.1) is 0 Å². The van der Waals surface area contributed by atoms with Crippen LogP contribution in [0, 0.1) is 0 Å². The van der Waals surface area contributed by atoms with Gasteiger partial charge in [0.2, 0.25) is 6.08 Å². The van der Waals surface area contributed by atoms with Crippen LogP contribution in [-0.2, 0) is 10.3 Å². The number of nitrogens with zero attached hydrogens (tertiary/aromatic N) is 1. The summed E-state index contributed by atoms with van der Waals surface area (Å²) in [6.45, 7) is 0. The fraction of sp³-hybridized carbons (Fsp3) is 0.533. The Labute approximate surface area is 112 Å². The lowest BCUT2D eigenvalue weighted by Gasteiger charge is -2.32. The highest BCUT2D eigenvalue weighted by molar-refractivity contribution is 8.00. The summed E-state index contributed by atoms with van der Waals surface area (Å²) in [5.74, 6) is 3.07. The van der Waals surface area contributed by atoms with E-state index in [4.69, 9.17) is 0 Å². The molecule has 1 aliphatic carbocycles. The van der Waals surface area contributed by atoms with Gasteiger partial charge in [-0.3, -0.25) is 0 Å². The first-order valence-corrected chi connectivity index (χ1v) is 7.77. The first kappa shape index (κ1) is 12.0. The third-order valence-corrected chi connectivity index (χ3v) is 5.51. The molecule has 1 saturated carbocycles. The Morgan fingerprint density at radius 2 is 1.94 bits per heavy atom. The van der Waals surface area contributed by atoms with Crippen molar-refractivity contribution in [1.82, 2.24) is 0 Å². The van der Waals surface area contributed by atoms with Gasteiger partial charge in [-0.2, -0.15) is 16.8 Å². The highest BCUT2D eigenvalue weighted by Crippen LogP contribution is 2.46. The molecule has 0 unspecified atom stereocenters. The van der Waals surface area contributed by atoms with Crippen LogP contribution in [0.25, 0.3) is 0 Å². The Kier molecular flexibility index (Phi) is 3.27. The molecule has 1 aromatic rings. The van der Waals surface area contributed by atoms with Crippen molar-refractivity contribution in [1.29, 1.82) is 0 Å². The van der Waals surface area contributed by atoms with Gasteiger partial charge < -0.3 is 0 Å². The van der Waals surface area contributed by atoms with E-state index in [2.05, 4.69) is 29.3 Å². The summed E-state index contributed by atoms with van der Waals surface area (Å²) in [7, 11) is 0. The van der Waals surface area contributed by atoms with Crippen molar-refractivity contribution in [2.24, 2.45) is 4.99 Å². The largest absolute Gasteiger partial charge is 0.235 e. The van der Waals surface area contributed by atoms with Crippen LogP contribution in [0.4, 0.5) is 0 Å². The number of aliphatic imine (C=N–C) groups is 1. The topological polar surface area (TPSA) is 29.4 Å². The molecule has 0 aromatic heterocycles. The van der Waals surface area contributed by atoms with E-state index >= 15 is 0 Å². The molecule has 0 bridgehead atoms. The Bertz CT molecular complexity index is 483. The summed E-state index contributed by atoms with van der Waals surface area (Å²) < 4.78 is 0. The van der Waals surface area contributed by atoms with Crippen molar-refractivity contribution in [2.45, 2.75) is 37.1 Å². The van der Waals surface area contributed by atoms with Crippen LogP contribution < -0.4 is 0 Å². The molecule has 0 radical (unpaired) electrons. The monoisotopic (exact) mass is 259 g/mol. The van der Waals surface area contributed by atoms with Gasteiger partial charge in [0.25, 0.3) is 0 Å². The van der Waals surface area contributed by atoms with Crippen LogP contribution in [0.15, 0.2) is 29.3 Å². The number of thioether (sulfide) groups is 1. The van der Waals surface area contributed by atoms with Gasteiger partial charge in [0.1, 0.15) is 0 Å². The Morgan fingerprint density at radius 3 is 2.56 bits per heavy atom. The van der Waals surface area contributed by atoms with Gasteiger partial charge in [0, 0.05) is 17.4 Å². The predicted molar refractivity (Wildman–Crippen MR) is 74.8 cm³/mol. The lowest BCUT2D eigenvalue weighted by Crippen LogP contribution is -2.25. The van der Waals surface area contributed by atoms with E-state index in [0.29, 0.717) is 5.92 Å². The summed E-state index contributed by atoms with van der Waals surface area (Å²) in [6.07, 6.45) is 6.15. The quantitative estimate of drug-likeness (QED) is 0.613. The molecule has 2 nitrogen and oxygen atoms in total. The molecular weight excluding hydrogens is 242 g/mol. The van der Waals surface area contributed by atoms with Gasteiger partial charge in [0.15, 0.2) is 0 Å². The molecule has 1 aliphatic heterocycles. The third kappa shape index (κ3) is 1.92. The number of hydrogen-bond acceptors (Lipinski definition) is 3. The normalized spacial score (nSPS) is 22.2. The maximum atomic E-state index is 10.8. The zero-order valence-electron chi connectivity index (χ0n) is 10.4. The van der Waals surface area contributed by atoms with Gasteiger partial charge in [-0.1, -0.05) is 37.1 Å². The van der Waals surface area contributed by atoms with Crippen molar-refractivity contribution >= 4 is 17.8 Å². The number of benzene rings is 1.